The first-order valence-corrected chi connectivity index (χ1v) is 25.7. The topological polar surface area (TPSA) is 443 Å². The van der Waals surface area contributed by atoms with Crippen molar-refractivity contribution < 1.29 is 82.2 Å². The van der Waals surface area contributed by atoms with E-state index in [1.54, 1.807) is 24.3 Å². The second kappa shape index (κ2) is 40.5. The summed E-state index contributed by atoms with van der Waals surface area (Å²) in [6, 6.07) is 2.26. The van der Waals surface area contributed by atoms with Crippen molar-refractivity contribution in [2.24, 2.45) is 28.5 Å². The Morgan fingerprint density at radius 3 is 1.55 bits per heavy atom. The van der Waals surface area contributed by atoms with E-state index < -0.39 is 79.3 Å². The van der Waals surface area contributed by atoms with Gasteiger partial charge >= 0.3 is 17.9 Å². The van der Waals surface area contributed by atoms with Crippen LogP contribution in [0.4, 0.5) is 5.69 Å². The van der Waals surface area contributed by atoms with Crippen molar-refractivity contribution >= 4 is 82.7 Å². The van der Waals surface area contributed by atoms with Crippen LogP contribution in [0.25, 0.3) is 0 Å². The fourth-order valence-corrected chi connectivity index (χ4v) is 7.14. The van der Waals surface area contributed by atoms with E-state index in [9.17, 15) is 63.3 Å². The number of carbonyl (C=O) groups is 10. The maximum atomic E-state index is 12.5. The Morgan fingerprint density at radius 2 is 1.03 bits per heavy atom. The van der Waals surface area contributed by atoms with Crippen molar-refractivity contribution in [3.63, 3.8) is 0 Å². The summed E-state index contributed by atoms with van der Waals surface area (Å²) in [5.41, 5.74) is 12.2. The Morgan fingerprint density at radius 1 is 0.553 bits per heavy atom. The minimum atomic E-state index is -1.50. The van der Waals surface area contributed by atoms with Gasteiger partial charge in [0.2, 0.25) is 35.4 Å². The minimum Gasteiger partial charge on any atom is -0.480 e. The normalized spacial score (nSPS) is 13.2. The number of carbonyl (C=O) groups excluding carboxylic acids is 7. The predicted octanol–water partition coefficient (Wildman–Crippen LogP) is -1.44. The highest BCUT2D eigenvalue weighted by Gasteiger charge is 2.25. The van der Waals surface area contributed by atoms with E-state index >= 15 is 0 Å². The summed E-state index contributed by atoms with van der Waals surface area (Å²) in [4.78, 5) is 121. The van der Waals surface area contributed by atoms with Crippen molar-refractivity contribution in [1.29, 1.82) is 0 Å². The van der Waals surface area contributed by atoms with Crippen molar-refractivity contribution in [2.45, 2.75) is 103 Å². The molecule has 1 aromatic carbocycles. The maximum Gasteiger partial charge on any atom is 0.326 e. The number of rotatable bonds is 44. The number of nitrogens with one attached hydrogen (secondary N) is 7. The van der Waals surface area contributed by atoms with Crippen LogP contribution in [-0.2, 0) is 62.1 Å². The Hall–Kier alpha value is -6.82. The van der Waals surface area contributed by atoms with Crippen molar-refractivity contribution in [3.05, 3.63) is 29.8 Å². The van der Waals surface area contributed by atoms with Crippen LogP contribution in [0.5, 0.6) is 0 Å². The molecule has 1 aromatic rings. The Labute approximate surface area is 445 Å². The molecule has 1 rings (SSSR count). The second-order valence-corrected chi connectivity index (χ2v) is 18.2. The van der Waals surface area contributed by atoms with Crippen LogP contribution in [-0.4, -0.2) is 177 Å². The summed E-state index contributed by atoms with van der Waals surface area (Å²) in [5, 5.41) is 46.9. The molecule has 16 N–H and O–H groups in total. The van der Waals surface area contributed by atoms with Crippen LogP contribution in [0.1, 0.15) is 94.8 Å². The highest BCUT2D eigenvalue weighted by molar-refractivity contribution is 7.97. The molecule has 0 bridgehead atoms. The van der Waals surface area contributed by atoms with Gasteiger partial charge < -0.3 is 88.2 Å². The molecular weight excluding hydrogens is 1020 g/mol. The number of carboxylic acids is 3. The van der Waals surface area contributed by atoms with Gasteiger partial charge in [-0.2, -0.15) is 5.10 Å². The number of hydrazone groups is 1. The van der Waals surface area contributed by atoms with Crippen molar-refractivity contribution in [2.75, 3.05) is 84.0 Å². The van der Waals surface area contributed by atoms with E-state index in [0.29, 0.717) is 61.5 Å². The van der Waals surface area contributed by atoms with Crippen LogP contribution in [0.2, 0.25) is 0 Å². The molecular formula is C47H77N11O17S. The van der Waals surface area contributed by atoms with Crippen LogP contribution in [0.3, 0.4) is 0 Å². The van der Waals surface area contributed by atoms with E-state index in [0.717, 1.165) is 0 Å². The van der Waals surface area contributed by atoms with Gasteiger partial charge in [0, 0.05) is 68.7 Å². The lowest BCUT2D eigenvalue weighted by Gasteiger charge is -2.18. The molecule has 0 aliphatic carbocycles. The Kier molecular flexibility index (Phi) is 35.8. The third kappa shape index (κ3) is 33.9. The van der Waals surface area contributed by atoms with Crippen LogP contribution in [0, 0.1) is 11.8 Å². The van der Waals surface area contributed by atoms with Crippen molar-refractivity contribution in [3.8, 4) is 0 Å². The van der Waals surface area contributed by atoms with E-state index in [-0.39, 0.29) is 114 Å². The molecule has 0 radical (unpaired) electrons. The predicted molar refractivity (Wildman–Crippen MR) is 277 cm³/mol. The van der Waals surface area contributed by atoms with Gasteiger partial charge in [0.25, 0.3) is 5.91 Å². The van der Waals surface area contributed by atoms with E-state index in [2.05, 4.69) is 41.7 Å². The number of nitrogen functional groups attached to an aromatic ring is 1. The summed E-state index contributed by atoms with van der Waals surface area (Å²) in [6.45, 7) is 3.77. The lowest BCUT2D eigenvalue weighted by atomic mass is 9.90. The number of carboxylic acid groups (broad SMARTS) is 3. The molecule has 0 spiro atoms. The van der Waals surface area contributed by atoms with Gasteiger partial charge in [-0.15, -0.1) is 0 Å². The third-order valence-corrected chi connectivity index (χ3v) is 11.8. The quantitative estimate of drug-likeness (QED) is 0.00677. The Bertz CT molecular complexity index is 2020. The van der Waals surface area contributed by atoms with Crippen LogP contribution in [0.15, 0.2) is 29.4 Å². The number of amidine groups is 1. The lowest BCUT2D eigenvalue weighted by molar-refractivity contribution is -0.144. The largest absolute Gasteiger partial charge is 0.480 e. The number of ether oxygens (including phenoxy) is 4. The van der Waals surface area contributed by atoms with E-state index in [1.807, 2.05) is 13.8 Å². The van der Waals surface area contributed by atoms with Gasteiger partial charge in [0.05, 0.1) is 39.6 Å². The number of amides is 7. The average molecular weight is 1100 g/mol. The molecule has 5 atom stereocenters. The van der Waals surface area contributed by atoms with Gasteiger partial charge in [0.15, 0.2) is 0 Å². The fourth-order valence-electron chi connectivity index (χ4n) is 6.50. The number of nitrogens with two attached hydrogens (primary N) is 3. The van der Waals surface area contributed by atoms with E-state index in [4.69, 9.17) is 36.3 Å². The molecule has 0 fully saturated rings. The average Bonchev–Trinajstić information content (AvgIpc) is 3.37. The van der Waals surface area contributed by atoms with Gasteiger partial charge in [-0.05, 0) is 74.6 Å². The summed E-state index contributed by atoms with van der Waals surface area (Å²) in [6.07, 6.45) is 1.18. The fraction of sp³-hybridized carbons (Fsp3) is 0.638. The monoisotopic (exact) mass is 1100 g/mol. The molecule has 0 saturated carbocycles. The smallest absolute Gasteiger partial charge is 0.326 e. The standard InChI is InChI=1S/C47H77N11O17S/c1-30(26-37(49)57-50)31(2)27-41(62)58-76-25-5-7-38(59)51-17-19-72-21-24-75-29-43(64)56-36(47(70)71)13-15-40(61)54-35(46(68)69)12-14-39(60)52-18-20-73-22-23-74-28-42(63)55-34(45(66)67)6-3-4-16-53-44(65)32-8-10-33(48)11-9-32/h8-11,30-31,34-36H,3-7,12-29,48,50H2,1-2H3,(H2,49,57)(H,51,59)(H,52,60)(H,53,65)(H,54,61)(H,55,63)(H,56,64)(H,58,62)(H,66,67)(H,68,69)(H,70,71). The highest BCUT2D eigenvalue weighted by atomic mass is 32.2. The molecule has 0 aliphatic heterocycles. The SMILES string of the molecule is CC(CC(=O)NSCCCC(=O)NCCOCCOCC(=O)NC(CCC(=O)NC(CCC(=O)NCCOCCOCC(=O)NC(CCCCNC(=O)c1ccc(N)cc1)C(=O)O)C(=O)O)C(=O)O)C(C)C/C(N)=N/N. The van der Waals surface area contributed by atoms with Crippen LogP contribution < -0.4 is 53.9 Å². The number of benzene rings is 1. The first-order valence-electron chi connectivity index (χ1n) is 24.7. The molecule has 0 aliphatic rings. The molecule has 0 saturated heterocycles. The second-order valence-electron chi connectivity index (χ2n) is 17.3. The molecule has 76 heavy (non-hydrogen) atoms. The molecule has 428 valence electrons. The summed E-state index contributed by atoms with van der Waals surface area (Å²) < 4.78 is 23.9. The summed E-state index contributed by atoms with van der Waals surface area (Å²) >= 11 is 1.23. The molecule has 29 heteroatoms. The van der Waals surface area contributed by atoms with Gasteiger partial charge in [-0.25, -0.2) is 14.4 Å². The minimum absolute atomic E-state index is 0.0244. The van der Waals surface area contributed by atoms with Crippen LogP contribution >= 0.6 is 11.9 Å². The number of nitrogens with zero attached hydrogens (tertiary/aromatic N) is 1. The van der Waals surface area contributed by atoms with Gasteiger partial charge in [-0.3, -0.25) is 33.6 Å². The first kappa shape index (κ1) is 67.2. The summed E-state index contributed by atoms with van der Waals surface area (Å²) in [7, 11) is 0. The summed E-state index contributed by atoms with van der Waals surface area (Å²) in [5.74, 6) is -1.28. The molecule has 28 nitrogen and oxygen atoms in total. The lowest BCUT2D eigenvalue weighted by Crippen LogP contribution is -2.45. The molecule has 0 heterocycles. The zero-order valence-corrected chi connectivity index (χ0v) is 43.9. The first-order chi connectivity index (χ1) is 36.2. The van der Waals surface area contributed by atoms with E-state index in [1.165, 1.54) is 11.9 Å². The molecule has 7 amide bonds. The maximum absolute atomic E-state index is 12.5. The van der Waals surface area contributed by atoms with Gasteiger partial charge in [0.1, 0.15) is 37.2 Å². The van der Waals surface area contributed by atoms with Crippen molar-refractivity contribution in [1.82, 2.24) is 36.6 Å². The zero-order chi connectivity index (χ0) is 56.7. The number of hydrogen-bond acceptors (Lipinski definition) is 18. The Balaban J connectivity index is 2.16. The highest BCUT2D eigenvalue weighted by Crippen LogP contribution is 2.19. The number of aliphatic carboxylic acids is 3. The number of anilines is 1. The zero-order valence-electron chi connectivity index (χ0n) is 43.1. The number of hydrogen-bond donors (Lipinski definition) is 13. The van der Waals surface area contributed by atoms with Gasteiger partial charge in [-0.1, -0.05) is 25.8 Å². The molecule has 5 unspecified atom stereocenters. The third-order valence-electron chi connectivity index (χ3n) is 11.0. The molecule has 0 aromatic heterocycles. The number of unbranched alkanes of at least 4 members (excludes halogenated alkanes) is 1.